The van der Waals surface area contributed by atoms with E-state index in [4.69, 9.17) is 0 Å². The number of imidazole rings is 2. The Balaban J connectivity index is 1.95. The molecule has 0 amide bonds. The summed E-state index contributed by atoms with van der Waals surface area (Å²) in [6.45, 7) is 3.86. The minimum absolute atomic E-state index is 0.123. The van der Waals surface area contributed by atoms with Crippen molar-refractivity contribution in [3.8, 4) is 0 Å². The average Bonchev–Trinajstić information content (AvgIpc) is 3.06. The highest BCUT2D eigenvalue weighted by atomic mass is 16.2. The number of benzene rings is 1. The summed E-state index contributed by atoms with van der Waals surface area (Å²) in [4.78, 5) is 21.7. The van der Waals surface area contributed by atoms with E-state index in [0.717, 1.165) is 22.2 Å². The highest BCUT2D eigenvalue weighted by Gasteiger charge is 2.19. The summed E-state index contributed by atoms with van der Waals surface area (Å²) in [6.07, 6.45) is 3.46. The molecule has 3 heterocycles. The van der Waals surface area contributed by atoms with Crippen LogP contribution >= 0.6 is 0 Å². The first-order valence-electron chi connectivity index (χ1n) is 7.07. The molecule has 3 aromatic heterocycles. The summed E-state index contributed by atoms with van der Waals surface area (Å²) in [5, 5.41) is 0. The van der Waals surface area contributed by atoms with Gasteiger partial charge in [-0.3, -0.25) is 13.8 Å². The van der Waals surface area contributed by atoms with Gasteiger partial charge in [0.15, 0.2) is 0 Å². The van der Waals surface area contributed by atoms with Crippen molar-refractivity contribution in [3.05, 3.63) is 65.9 Å². The average molecular weight is 290 g/mol. The molecular formula is C17H14N4O. The molecule has 0 radical (unpaired) electrons. The lowest BCUT2D eigenvalue weighted by atomic mass is 10.3. The molecule has 0 aliphatic rings. The van der Waals surface area contributed by atoms with Crippen LogP contribution in [0.2, 0.25) is 0 Å². The van der Waals surface area contributed by atoms with Crippen LogP contribution in [0.25, 0.3) is 16.7 Å². The summed E-state index contributed by atoms with van der Waals surface area (Å²) >= 11 is 0. The largest absolute Gasteiger partial charge is 0.295 e. The minimum atomic E-state index is -0.123. The molecular weight excluding hydrogens is 276 g/mol. The molecule has 0 saturated heterocycles. The molecule has 4 rings (SSSR count). The van der Waals surface area contributed by atoms with E-state index in [0.29, 0.717) is 11.4 Å². The van der Waals surface area contributed by atoms with E-state index in [1.165, 1.54) is 0 Å². The lowest BCUT2D eigenvalue weighted by Gasteiger charge is -2.04. The van der Waals surface area contributed by atoms with Gasteiger partial charge < -0.3 is 0 Å². The fourth-order valence-corrected chi connectivity index (χ4v) is 2.76. The van der Waals surface area contributed by atoms with Crippen molar-refractivity contribution in [1.82, 2.24) is 18.9 Å². The Morgan fingerprint density at radius 2 is 1.95 bits per heavy atom. The van der Waals surface area contributed by atoms with Gasteiger partial charge in [-0.15, -0.1) is 0 Å². The van der Waals surface area contributed by atoms with Crippen molar-refractivity contribution in [2.75, 3.05) is 0 Å². The molecule has 0 atom stereocenters. The van der Waals surface area contributed by atoms with Crippen molar-refractivity contribution in [2.45, 2.75) is 13.8 Å². The highest BCUT2D eigenvalue weighted by Crippen LogP contribution is 2.18. The fourth-order valence-electron chi connectivity index (χ4n) is 2.76. The van der Waals surface area contributed by atoms with Gasteiger partial charge in [-0.05, 0) is 43.7 Å². The Bertz CT molecular complexity index is 1030. The van der Waals surface area contributed by atoms with Crippen LogP contribution in [0.1, 0.15) is 21.7 Å². The Morgan fingerprint density at radius 3 is 2.82 bits per heavy atom. The van der Waals surface area contributed by atoms with E-state index in [2.05, 4.69) is 9.97 Å². The Hall–Kier alpha value is -2.95. The quantitative estimate of drug-likeness (QED) is 0.541. The fraction of sp³-hybridized carbons (Fsp3) is 0.118. The normalized spacial score (nSPS) is 11.4. The van der Waals surface area contributed by atoms with Gasteiger partial charge in [-0.1, -0.05) is 12.1 Å². The monoisotopic (exact) mass is 290 g/mol. The van der Waals surface area contributed by atoms with Crippen LogP contribution in [0.3, 0.4) is 0 Å². The van der Waals surface area contributed by atoms with Crippen LogP contribution in [0.15, 0.2) is 48.9 Å². The highest BCUT2D eigenvalue weighted by molar-refractivity contribution is 6.01. The molecule has 22 heavy (non-hydrogen) atoms. The van der Waals surface area contributed by atoms with Crippen molar-refractivity contribution in [1.29, 1.82) is 0 Å². The first-order chi connectivity index (χ1) is 10.6. The van der Waals surface area contributed by atoms with E-state index in [9.17, 15) is 4.79 Å². The van der Waals surface area contributed by atoms with Crippen LogP contribution in [0.4, 0.5) is 0 Å². The van der Waals surface area contributed by atoms with Gasteiger partial charge in [-0.25, -0.2) is 9.97 Å². The van der Waals surface area contributed by atoms with Crippen molar-refractivity contribution in [2.24, 2.45) is 0 Å². The molecule has 0 saturated carbocycles. The second kappa shape index (κ2) is 4.53. The maximum absolute atomic E-state index is 13.0. The van der Waals surface area contributed by atoms with Gasteiger partial charge in [0.05, 0.1) is 16.7 Å². The number of para-hydroxylation sites is 2. The molecule has 0 fully saturated rings. The van der Waals surface area contributed by atoms with Gasteiger partial charge in [0.25, 0.3) is 5.91 Å². The molecule has 4 aromatic rings. The number of aryl methyl sites for hydroxylation is 2. The van der Waals surface area contributed by atoms with E-state index in [1.54, 1.807) is 10.9 Å². The zero-order chi connectivity index (χ0) is 15.3. The molecule has 0 unspecified atom stereocenters. The summed E-state index contributed by atoms with van der Waals surface area (Å²) in [6, 6.07) is 11.5. The lowest BCUT2D eigenvalue weighted by molar-refractivity contribution is 0.0958. The molecule has 0 aliphatic carbocycles. The minimum Gasteiger partial charge on any atom is -0.295 e. The molecule has 5 nitrogen and oxygen atoms in total. The number of rotatable bonds is 1. The smallest absolute Gasteiger partial charge is 0.282 e. The van der Waals surface area contributed by atoms with Gasteiger partial charge >= 0.3 is 0 Å². The number of nitrogens with zero attached hydrogens (tertiary/aromatic N) is 4. The summed E-state index contributed by atoms with van der Waals surface area (Å²) in [7, 11) is 0. The van der Waals surface area contributed by atoms with Gasteiger partial charge in [0.2, 0.25) is 0 Å². The molecule has 1 aromatic carbocycles. The van der Waals surface area contributed by atoms with E-state index < -0.39 is 0 Å². The van der Waals surface area contributed by atoms with Crippen molar-refractivity contribution >= 4 is 22.6 Å². The number of aromatic nitrogens is 4. The van der Waals surface area contributed by atoms with Gasteiger partial charge in [-0.2, -0.15) is 0 Å². The molecule has 0 bridgehead atoms. The summed E-state index contributed by atoms with van der Waals surface area (Å²) < 4.78 is 3.41. The van der Waals surface area contributed by atoms with Crippen molar-refractivity contribution in [3.63, 3.8) is 0 Å². The third-order valence-electron chi connectivity index (χ3n) is 3.83. The lowest BCUT2D eigenvalue weighted by Crippen LogP contribution is -2.14. The predicted octanol–water partition coefficient (Wildman–Crippen LogP) is 2.99. The molecule has 5 heteroatoms. The van der Waals surface area contributed by atoms with Crippen LogP contribution < -0.4 is 0 Å². The second-order valence-electron chi connectivity index (χ2n) is 5.39. The Kier molecular flexibility index (Phi) is 2.63. The SMILES string of the molecule is Cc1ccn2c(C(=O)n3cnc4ccccc43)c(C)nc2c1. The van der Waals surface area contributed by atoms with Crippen LogP contribution in [-0.2, 0) is 0 Å². The Morgan fingerprint density at radius 1 is 1.14 bits per heavy atom. The second-order valence-corrected chi connectivity index (χ2v) is 5.39. The summed E-state index contributed by atoms with van der Waals surface area (Å²) in [5.41, 5.74) is 4.79. The van der Waals surface area contributed by atoms with Gasteiger partial charge in [0.1, 0.15) is 17.7 Å². The first kappa shape index (κ1) is 12.8. The van der Waals surface area contributed by atoms with Crippen LogP contribution in [-0.4, -0.2) is 24.8 Å². The maximum atomic E-state index is 13.0. The molecule has 0 spiro atoms. The predicted molar refractivity (Wildman–Crippen MR) is 84.1 cm³/mol. The van der Waals surface area contributed by atoms with Crippen LogP contribution in [0, 0.1) is 13.8 Å². The maximum Gasteiger partial charge on any atom is 0.282 e. The molecule has 0 N–H and O–H groups in total. The van der Waals surface area contributed by atoms with E-state index in [1.807, 2.05) is 60.8 Å². The molecule has 0 aliphatic heterocycles. The topological polar surface area (TPSA) is 52.2 Å². The third-order valence-corrected chi connectivity index (χ3v) is 3.83. The first-order valence-corrected chi connectivity index (χ1v) is 7.07. The zero-order valence-electron chi connectivity index (χ0n) is 12.3. The van der Waals surface area contributed by atoms with Gasteiger partial charge in [0, 0.05) is 6.20 Å². The number of hydrogen-bond donors (Lipinski definition) is 0. The number of carbonyl (C=O) groups excluding carboxylic acids is 1. The standard InChI is InChI=1S/C17H14N4O/c1-11-7-8-20-15(9-11)19-12(2)16(20)17(22)21-10-18-13-5-3-4-6-14(13)21/h3-10H,1-2H3. The van der Waals surface area contributed by atoms with E-state index >= 15 is 0 Å². The van der Waals surface area contributed by atoms with Crippen LogP contribution in [0.5, 0.6) is 0 Å². The third kappa shape index (κ3) is 1.75. The summed E-state index contributed by atoms with van der Waals surface area (Å²) in [5.74, 6) is -0.123. The van der Waals surface area contributed by atoms with E-state index in [-0.39, 0.29) is 5.91 Å². The molecule has 108 valence electrons. The number of pyridine rings is 1. The number of carbonyl (C=O) groups is 1. The zero-order valence-corrected chi connectivity index (χ0v) is 12.3. The number of fused-ring (bicyclic) bond motifs is 2. The number of hydrogen-bond acceptors (Lipinski definition) is 3. The van der Waals surface area contributed by atoms with Crippen molar-refractivity contribution < 1.29 is 4.79 Å². The Labute approximate surface area is 126 Å².